The lowest BCUT2D eigenvalue weighted by molar-refractivity contribution is -0.129. The van der Waals surface area contributed by atoms with Gasteiger partial charge in [-0.1, -0.05) is 6.07 Å². The fourth-order valence-corrected chi connectivity index (χ4v) is 4.20. The molecular formula is C24H25N5O5. The molecule has 2 aliphatic heterocycles. The zero-order valence-corrected chi connectivity index (χ0v) is 18.8. The van der Waals surface area contributed by atoms with E-state index in [1.165, 1.54) is 10.9 Å². The molecule has 10 nitrogen and oxygen atoms in total. The summed E-state index contributed by atoms with van der Waals surface area (Å²) in [5.41, 5.74) is 2.08. The number of carbonyl (C=O) groups is 2. The van der Waals surface area contributed by atoms with Gasteiger partial charge in [0, 0.05) is 45.3 Å². The summed E-state index contributed by atoms with van der Waals surface area (Å²) in [5, 5.41) is 3.28. The molecule has 1 fully saturated rings. The first-order chi connectivity index (χ1) is 16.5. The molecule has 0 saturated carbocycles. The Kier molecular flexibility index (Phi) is 5.79. The minimum absolute atomic E-state index is 0.0713. The Morgan fingerprint density at radius 1 is 1.03 bits per heavy atom. The van der Waals surface area contributed by atoms with Gasteiger partial charge in [0.2, 0.25) is 18.6 Å². The molecule has 10 heteroatoms. The van der Waals surface area contributed by atoms with E-state index >= 15 is 0 Å². The van der Waals surface area contributed by atoms with Crippen LogP contribution in [0.1, 0.15) is 12.5 Å². The molecule has 1 aromatic heterocycles. The van der Waals surface area contributed by atoms with Gasteiger partial charge >= 0.3 is 0 Å². The molecule has 3 heterocycles. The van der Waals surface area contributed by atoms with Crippen molar-refractivity contribution in [1.29, 1.82) is 0 Å². The number of ether oxygens (including phenoxy) is 2. The van der Waals surface area contributed by atoms with Crippen molar-refractivity contribution >= 4 is 28.4 Å². The summed E-state index contributed by atoms with van der Waals surface area (Å²) in [5.74, 6) is 1.11. The van der Waals surface area contributed by atoms with Crippen LogP contribution in [0.15, 0.2) is 47.5 Å². The third-order valence-electron chi connectivity index (χ3n) is 6.14. The number of hydrogen-bond acceptors (Lipinski definition) is 7. The summed E-state index contributed by atoms with van der Waals surface area (Å²) in [6.07, 6.45) is 1.40. The van der Waals surface area contributed by atoms with Gasteiger partial charge in [0.1, 0.15) is 6.54 Å². The van der Waals surface area contributed by atoms with Gasteiger partial charge in [-0.15, -0.1) is 0 Å². The van der Waals surface area contributed by atoms with Crippen molar-refractivity contribution < 1.29 is 19.1 Å². The number of benzene rings is 2. The van der Waals surface area contributed by atoms with Crippen molar-refractivity contribution in [2.24, 2.45) is 0 Å². The van der Waals surface area contributed by atoms with E-state index in [0.29, 0.717) is 55.1 Å². The quantitative estimate of drug-likeness (QED) is 0.604. The number of piperazine rings is 1. The van der Waals surface area contributed by atoms with E-state index in [1.807, 2.05) is 35.2 Å². The number of anilines is 1. The van der Waals surface area contributed by atoms with E-state index in [4.69, 9.17) is 9.47 Å². The maximum Gasteiger partial charge on any atom is 0.261 e. The third kappa shape index (κ3) is 4.39. The monoisotopic (exact) mass is 463 g/mol. The minimum Gasteiger partial charge on any atom is -0.454 e. The number of hydrogen-bond donors (Lipinski definition) is 1. The number of amides is 2. The van der Waals surface area contributed by atoms with E-state index in [9.17, 15) is 14.4 Å². The van der Waals surface area contributed by atoms with Gasteiger partial charge in [0.15, 0.2) is 11.5 Å². The van der Waals surface area contributed by atoms with Gasteiger partial charge in [-0.3, -0.25) is 19.0 Å². The van der Waals surface area contributed by atoms with E-state index < -0.39 is 0 Å². The van der Waals surface area contributed by atoms with E-state index in [1.54, 1.807) is 13.0 Å². The number of fused-ring (bicyclic) bond motifs is 2. The topological polar surface area (TPSA) is 106 Å². The smallest absolute Gasteiger partial charge is 0.261 e. The predicted molar refractivity (Wildman–Crippen MR) is 125 cm³/mol. The Morgan fingerprint density at radius 3 is 2.62 bits per heavy atom. The van der Waals surface area contributed by atoms with Crippen LogP contribution in [-0.2, 0) is 22.7 Å². The summed E-state index contributed by atoms with van der Waals surface area (Å²) in [6, 6.07) is 11.0. The molecule has 0 unspecified atom stereocenters. The molecule has 0 aliphatic carbocycles. The fraction of sp³-hybridized carbons (Fsp3) is 0.333. The molecule has 2 aliphatic rings. The molecule has 3 aromatic rings. The highest BCUT2D eigenvalue weighted by Gasteiger charge is 2.20. The lowest BCUT2D eigenvalue weighted by Crippen LogP contribution is -2.48. The van der Waals surface area contributed by atoms with E-state index in [0.717, 1.165) is 11.3 Å². The van der Waals surface area contributed by atoms with Gasteiger partial charge in [0.05, 0.1) is 17.2 Å². The van der Waals surface area contributed by atoms with Crippen LogP contribution in [0.2, 0.25) is 0 Å². The van der Waals surface area contributed by atoms with E-state index in [-0.39, 0.29) is 30.7 Å². The Morgan fingerprint density at radius 2 is 1.82 bits per heavy atom. The first-order valence-electron chi connectivity index (χ1n) is 11.1. The van der Waals surface area contributed by atoms with Crippen molar-refractivity contribution in [1.82, 2.24) is 19.8 Å². The molecule has 2 aromatic carbocycles. The summed E-state index contributed by atoms with van der Waals surface area (Å²) in [6.45, 7) is 4.63. The molecule has 0 bridgehead atoms. The average Bonchev–Trinajstić information content (AvgIpc) is 3.32. The van der Waals surface area contributed by atoms with Crippen molar-refractivity contribution in [3.8, 4) is 11.5 Å². The SMILES string of the molecule is CC(=O)N1CCN(c2ccc3ncn(CC(=O)NCc4ccc5c(c4)OCO5)c(=O)c3c2)CC1. The maximum absolute atomic E-state index is 13.1. The molecule has 0 spiro atoms. The second kappa shape index (κ2) is 9.05. The highest BCUT2D eigenvalue weighted by Crippen LogP contribution is 2.32. The zero-order valence-electron chi connectivity index (χ0n) is 18.8. The molecule has 176 valence electrons. The molecule has 1 N–H and O–H groups in total. The molecular weight excluding hydrogens is 438 g/mol. The molecule has 2 amide bonds. The van der Waals surface area contributed by atoms with Crippen LogP contribution in [0.3, 0.4) is 0 Å². The van der Waals surface area contributed by atoms with Crippen LogP contribution in [0.5, 0.6) is 11.5 Å². The summed E-state index contributed by atoms with van der Waals surface area (Å²) in [7, 11) is 0. The second-order valence-electron chi connectivity index (χ2n) is 8.34. The Bertz CT molecular complexity index is 1310. The van der Waals surface area contributed by atoms with Crippen molar-refractivity contribution in [3.05, 3.63) is 58.6 Å². The number of aromatic nitrogens is 2. The Labute approximate surface area is 195 Å². The van der Waals surface area contributed by atoms with Crippen LogP contribution >= 0.6 is 0 Å². The molecule has 5 rings (SSSR count). The highest BCUT2D eigenvalue weighted by molar-refractivity contribution is 5.82. The van der Waals surface area contributed by atoms with Crippen LogP contribution in [0, 0.1) is 0 Å². The van der Waals surface area contributed by atoms with Gasteiger partial charge in [-0.2, -0.15) is 0 Å². The summed E-state index contributed by atoms with van der Waals surface area (Å²) in [4.78, 5) is 45.5. The van der Waals surface area contributed by atoms with Crippen LogP contribution in [0.25, 0.3) is 10.9 Å². The largest absolute Gasteiger partial charge is 0.454 e. The van der Waals surface area contributed by atoms with Gasteiger partial charge < -0.3 is 24.6 Å². The maximum atomic E-state index is 13.1. The minimum atomic E-state index is -0.294. The Balaban J connectivity index is 1.27. The van der Waals surface area contributed by atoms with Crippen LogP contribution in [0.4, 0.5) is 5.69 Å². The van der Waals surface area contributed by atoms with Gasteiger partial charge in [-0.05, 0) is 35.9 Å². The first kappa shape index (κ1) is 21.7. The average molecular weight is 463 g/mol. The lowest BCUT2D eigenvalue weighted by atomic mass is 10.2. The van der Waals surface area contributed by atoms with Crippen molar-refractivity contribution in [2.75, 3.05) is 37.9 Å². The molecule has 34 heavy (non-hydrogen) atoms. The Hall–Kier alpha value is -4.08. The van der Waals surface area contributed by atoms with Crippen molar-refractivity contribution in [3.63, 3.8) is 0 Å². The molecule has 0 radical (unpaired) electrons. The number of carbonyl (C=O) groups excluding carboxylic acids is 2. The van der Waals surface area contributed by atoms with Crippen molar-refractivity contribution in [2.45, 2.75) is 20.0 Å². The van der Waals surface area contributed by atoms with E-state index in [2.05, 4.69) is 15.2 Å². The predicted octanol–water partition coefficient (Wildman–Crippen LogP) is 1.11. The third-order valence-corrected chi connectivity index (χ3v) is 6.14. The standard InChI is InChI=1S/C24H25N5O5/c1-16(30)27-6-8-28(9-7-27)18-3-4-20-19(11-18)24(32)29(14-26-20)13-23(31)25-12-17-2-5-21-22(10-17)34-15-33-21/h2-5,10-11,14H,6-9,12-13,15H2,1H3,(H,25,31). The van der Waals surface area contributed by atoms with Crippen LogP contribution in [-0.4, -0.2) is 59.2 Å². The van der Waals surface area contributed by atoms with Gasteiger partial charge in [0.25, 0.3) is 5.56 Å². The summed E-state index contributed by atoms with van der Waals surface area (Å²) >= 11 is 0. The number of rotatable bonds is 5. The zero-order chi connectivity index (χ0) is 23.7. The second-order valence-corrected chi connectivity index (χ2v) is 8.34. The fourth-order valence-electron chi connectivity index (χ4n) is 4.20. The first-order valence-corrected chi connectivity index (χ1v) is 11.1. The summed E-state index contributed by atoms with van der Waals surface area (Å²) < 4.78 is 12.0. The lowest BCUT2D eigenvalue weighted by Gasteiger charge is -2.35. The van der Waals surface area contributed by atoms with Crippen LogP contribution < -0.4 is 25.2 Å². The highest BCUT2D eigenvalue weighted by atomic mass is 16.7. The molecule has 0 atom stereocenters. The normalized spacial score (nSPS) is 15.0. The van der Waals surface area contributed by atoms with Gasteiger partial charge in [-0.25, -0.2) is 4.98 Å². The number of nitrogens with one attached hydrogen (secondary N) is 1. The number of nitrogens with zero attached hydrogens (tertiary/aromatic N) is 4. The molecule has 1 saturated heterocycles.